The molecule has 0 bridgehead atoms. The highest BCUT2D eigenvalue weighted by Crippen LogP contribution is 2.39. The number of nitrogens with one attached hydrogen (secondary N) is 1. The van der Waals surface area contributed by atoms with Gasteiger partial charge in [-0.1, -0.05) is 30.3 Å². The summed E-state index contributed by atoms with van der Waals surface area (Å²) in [6.45, 7) is 5.13. The summed E-state index contributed by atoms with van der Waals surface area (Å²) in [5.41, 5.74) is 1.02. The fourth-order valence-corrected chi connectivity index (χ4v) is 3.28. The second-order valence-electron chi connectivity index (χ2n) is 6.82. The molecule has 7 heteroatoms. The van der Waals surface area contributed by atoms with Gasteiger partial charge in [0.25, 0.3) is 0 Å². The second-order valence-corrected chi connectivity index (χ2v) is 6.82. The molecule has 138 valence electrons. The first-order valence-corrected chi connectivity index (χ1v) is 8.44. The molecule has 2 aliphatic rings. The molecule has 5 atom stereocenters. The molecular weight excluding hydrogens is 326 g/mol. The van der Waals surface area contributed by atoms with Crippen molar-refractivity contribution in [1.29, 1.82) is 0 Å². The summed E-state index contributed by atoms with van der Waals surface area (Å²) in [5.74, 6) is -1.01. The summed E-state index contributed by atoms with van der Waals surface area (Å²) in [6.07, 6.45) is -2.06. The van der Waals surface area contributed by atoms with Gasteiger partial charge in [-0.25, -0.2) is 0 Å². The van der Waals surface area contributed by atoms with Gasteiger partial charge in [-0.3, -0.25) is 4.79 Å². The van der Waals surface area contributed by atoms with E-state index < -0.39 is 36.4 Å². The van der Waals surface area contributed by atoms with Crippen molar-refractivity contribution in [2.75, 3.05) is 6.61 Å². The van der Waals surface area contributed by atoms with Crippen molar-refractivity contribution >= 4 is 5.91 Å². The summed E-state index contributed by atoms with van der Waals surface area (Å²) in [4.78, 5) is 11.4. The van der Waals surface area contributed by atoms with Gasteiger partial charge in [-0.05, 0) is 19.4 Å². The van der Waals surface area contributed by atoms with Gasteiger partial charge in [0.05, 0.1) is 19.3 Å². The van der Waals surface area contributed by atoms with E-state index in [0.29, 0.717) is 6.61 Å². The smallest absolute Gasteiger partial charge is 0.217 e. The highest BCUT2D eigenvalue weighted by molar-refractivity contribution is 5.73. The molecule has 2 saturated heterocycles. The zero-order chi connectivity index (χ0) is 18.0. The SMILES string of the molecule is CC(=O)N[C@H](CO)[C@H]1O[C@@H]2OC(C)(C)O[C@@H]2[C@H]1OCc1ccccc1. The van der Waals surface area contributed by atoms with E-state index in [1.807, 2.05) is 44.2 Å². The molecule has 0 spiro atoms. The number of aliphatic hydroxyl groups excluding tert-OH is 1. The molecule has 2 N–H and O–H groups in total. The monoisotopic (exact) mass is 351 g/mol. The van der Waals surface area contributed by atoms with Crippen LogP contribution in [0.25, 0.3) is 0 Å². The summed E-state index contributed by atoms with van der Waals surface area (Å²) in [7, 11) is 0. The Kier molecular flexibility index (Phi) is 5.41. The Morgan fingerprint density at radius 3 is 2.68 bits per heavy atom. The largest absolute Gasteiger partial charge is 0.394 e. The number of ether oxygens (including phenoxy) is 4. The summed E-state index contributed by atoms with van der Waals surface area (Å²) >= 11 is 0. The Bertz CT molecular complexity index is 592. The average molecular weight is 351 g/mol. The third-order valence-corrected chi connectivity index (χ3v) is 4.29. The lowest BCUT2D eigenvalue weighted by atomic mass is 10.0. The van der Waals surface area contributed by atoms with Crippen LogP contribution in [0.1, 0.15) is 26.3 Å². The van der Waals surface area contributed by atoms with E-state index in [-0.39, 0.29) is 12.5 Å². The third-order valence-electron chi connectivity index (χ3n) is 4.29. The first-order valence-electron chi connectivity index (χ1n) is 8.44. The Morgan fingerprint density at radius 2 is 2.04 bits per heavy atom. The molecule has 0 aliphatic carbocycles. The van der Waals surface area contributed by atoms with Crippen LogP contribution in [0.4, 0.5) is 0 Å². The van der Waals surface area contributed by atoms with Crippen molar-refractivity contribution in [2.24, 2.45) is 0 Å². The van der Waals surface area contributed by atoms with Gasteiger partial charge >= 0.3 is 0 Å². The molecule has 7 nitrogen and oxygen atoms in total. The van der Waals surface area contributed by atoms with Crippen LogP contribution in [0.3, 0.4) is 0 Å². The highest BCUT2D eigenvalue weighted by atomic mass is 16.8. The van der Waals surface area contributed by atoms with E-state index in [4.69, 9.17) is 18.9 Å². The van der Waals surface area contributed by atoms with Crippen LogP contribution in [0, 0.1) is 0 Å². The number of benzene rings is 1. The predicted molar refractivity (Wildman–Crippen MR) is 88.4 cm³/mol. The van der Waals surface area contributed by atoms with E-state index in [1.165, 1.54) is 6.92 Å². The fourth-order valence-electron chi connectivity index (χ4n) is 3.28. The molecule has 1 amide bonds. The number of amides is 1. The van der Waals surface area contributed by atoms with Gasteiger partial charge in [-0.15, -0.1) is 0 Å². The zero-order valence-corrected chi connectivity index (χ0v) is 14.7. The number of carbonyl (C=O) groups is 1. The van der Waals surface area contributed by atoms with Gasteiger partial charge in [-0.2, -0.15) is 0 Å². The molecular formula is C18H25NO6. The molecule has 25 heavy (non-hydrogen) atoms. The third kappa shape index (κ3) is 4.19. The number of carbonyl (C=O) groups excluding carboxylic acids is 1. The summed E-state index contributed by atoms with van der Waals surface area (Å²) < 4.78 is 23.7. The minimum Gasteiger partial charge on any atom is -0.394 e. The van der Waals surface area contributed by atoms with Crippen LogP contribution in [-0.2, 0) is 30.3 Å². The van der Waals surface area contributed by atoms with Crippen LogP contribution >= 0.6 is 0 Å². The molecule has 0 aromatic heterocycles. The lowest BCUT2D eigenvalue weighted by Gasteiger charge is -2.30. The van der Waals surface area contributed by atoms with Crippen LogP contribution in [0.5, 0.6) is 0 Å². The van der Waals surface area contributed by atoms with Crippen molar-refractivity contribution in [2.45, 2.75) is 63.8 Å². The Labute approximate surface area is 147 Å². The lowest BCUT2D eigenvalue weighted by molar-refractivity contribution is -0.223. The predicted octanol–water partition coefficient (Wildman–Crippen LogP) is 0.945. The summed E-state index contributed by atoms with van der Waals surface area (Å²) in [5, 5.41) is 12.4. The van der Waals surface area contributed by atoms with E-state index in [2.05, 4.69) is 5.32 Å². The molecule has 2 aliphatic heterocycles. The van der Waals surface area contributed by atoms with Crippen molar-refractivity contribution in [3.05, 3.63) is 35.9 Å². The lowest BCUT2D eigenvalue weighted by Crippen LogP contribution is -2.51. The molecule has 0 saturated carbocycles. The molecule has 0 radical (unpaired) electrons. The standard InChI is InChI=1S/C18H25NO6/c1-11(21)19-13(9-20)14-15(22-10-12-7-5-4-6-8-12)16-17(23-14)25-18(2,3)24-16/h4-8,13-17,20H,9-10H2,1-3H3,(H,19,21)/t13-,14-,15+,16-,17-/m1/s1. The average Bonchev–Trinajstić information content (AvgIpc) is 3.03. The molecule has 1 aromatic carbocycles. The van der Waals surface area contributed by atoms with Crippen LogP contribution in [0.2, 0.25) is 0 Å². The first kappa shape index (κ1) is 18.3. The van der Waals surface area contributed by atoms with E-state index in [0.717, 1.165) is 5.56 Å². The quantitative estimate of drug-likeness (QED) is 0.793. The number of rotatable bonds is 6. The number of hydrogen-bond donors (Lipinski definition) is 2. The van der Waals surface area contributed by atoms with Gasteiger partial charge in [0.1, 0.15) is 18.3 Å². The van der Waals surface area contributed by atoms with Gasteiger partial charge in [0, 0.05) is 6.92 Å². The summed E-state index contributed by atoms with van der Waals surface area (Å²) in [6, 6.07) is 9.16. The Hall–Kier alpha value is -1.51. The zero-order valence-electron chi connectivity index (χ0n) is 14.7. The first-order chi connectivity index (χ1) is 11.9. The Morgan fingerprint density at radius 1 is 1.32 bits per heavy atom. The highest BCUT2D eigenvalue weighted by Gasteiger charge is 2.57. The maximum absolute atomic E-state index is 11.4. The van der Waals surface area contributed by atoms with Crippen LogP contribution in [0.15, 0.2) is 30.3 Å². The maximum atomic E-state index is 11.4. The number of aliphatic hydroxyl groups is 1. The molecule has 2 fully saturated rings. The van der Waals surface area contributed by atoms with Gasteiger partial charge in [0.15, 0.2) is 12.1 Å². The normalized spacial score (nSPS) is 31.5. The molecule has 2 heterocycles. The minimum atomic E-state index is -0.766. The Balaban J connectivity index is 1.75. The number of fused-ring (bicyclic) bond motifs is 1. The minimum absolute atomic E-state index is 0.247. The molecule has 0 unspecified atom stereocenters. The van der Waals surface area contributed by atoms with Crippen molar-refractivity contribution in [3.8, 4) is 0 Å². The van der Waals surface area contributed by atoms with Crippen LogP contribution < -0.4 is 5.32 Å². The second kappa shape index (κ2) is 7.39. The van der Waals surface area contributed by atoms with E-state index in [9.17, 15) is 9.90 Å². The van der Waals surface area contributed by atoms with Crippen molar-refractivity contribution < 1.29 is 28.8 Å². The van der Waals surface area contributed by atoms with Gasteiger partial charge < -0.3 is 29.4 Å². The van der Waals surface area contributed by atoms with E-state index >= 15 is 0 Å². The van der Waals surface area contributed by atoms with Crippen molar-refractivity contribution in [3.63, 3.8) is 0 Å². The number of hydrogen-bond acceptors (Lipinski definition) is 6. The maximum Gasteiger partial charge on any atom is 0.217 e. The fraction of sp³-hybridized carbons (Fsp3) is 0.611. The van der Waals surface area contributed by atoms with Gasteiger partial charge in [0.2, 0.25) is 5.91 Å². The topological polar surface area (TPSA) is 86.3 Å². The van der Waals surface area contributed by atoms with E-state index in [1.54, 1.807) is 0 Å². The van der Waals surface area contributed by atoms with Crippen molar-refractivity contribution in [1.82, 2.24) is 5.32 Å². The molecule has 3 rings (SSSR count). The van der Waals surface area contributed by atoms with Crippen LogP contribution in [-0.4, -0.2) is 54.1 Å². The molecule has 1 aromatic rings.